The van der Waals surface area contributed by atoms with Crippen LogP contribution in [-0.4, -0.2) is 38.5 Å². The van der Waals surface area contributed by atoms with Crippen LogP contribution < -0.4 is 5.32 Å². The fourth-order valence-corrected chi connectivity index (χ4v) is 4.09. The maximum Gasteiger partial charge on any atom is 0.0809 e. The van der Waals surface area contributed by atoms with E-state index in [0.29, 0.717) is 23.7 Å². The van der Waals surface area contributed by atoms with E-state index in [9.17, 15) is 0 Å². The van der Waals surface area contributed by atoms with Crippen LogP contribution in [0.3, 0.4) is 0 Å². The molecule has 1 heterocycles. The van der Waals surface area contributed by atoms with E-state index in [1.165, 1.54) is 44.9 Å². The molecule has 98 valence electrons. The third kappa shape index (κ3) is 2.02. The van der Waals surface area contributed by atoms with Crippen LogP contribution in [0.25, 0.3) is 0 Å². The zero-order valence-corrected chi connectivity index (χ0v) is 10.9. The topological polar surface area (TPSA) is 30.5 Å². The molecule has 3 heteroatoms. The van der Waals surface area contributed by atoms with Crippen LogP contribution in [0.1, 0.15) is 44.9 Å². The Balaban J connectivity index is 1.53. The first-order valence-corrected chi connectivity index (χ1v) is 7.25. The Kier molecular flexibility index (Phi) is 3.42. The number of ether oxygens (including phenoxy) is 2. The van der Waals surface area contributed by atoms with Gasteiger partial charge in [-0.3, -0.25) is 0 Å². The van der Waals surface area contributed by atoms with E-state index in [0.717, 1.165) is 13.2 Å². The molecular weight excluding hydrogens is 214 g/mol. The maximum atomic E-state index is 6.17. The van der Waals surface area contributed by atoms with Crippen molar-refractivity contribution in [1.29, 1.82) is 0 Å². The molecular formula is C14H25NO2. The Morgan fingerprint density at radius 2 is 2.12 bits per heavy atom. The Bertz CT molecular complexity index is 257. The van der Waals surface area contributed by atoms with Gasteiger partial charge in [-0.05, 0) is 39.2 Å². The van der Waals surface area contributed by atoms with Crippen molar-refractivity contribution in [3.63, 3.8) is 0 Å². The van der Waals surface area contributed by atoms with Crippen molar-refractivity contribution < 1.29 is 9.47 Å². The van der Waals surface area contributed by atoms with Gasteiger partial charge in [-0.15, -0.1) is 0 Å². The third-order valence-corrected chi connectivity index (χ3v) is 5.18. The number of nitrogens with one attached hydrogen (secondary N) is 1. The number of rotatable bonds is 4. The maximum absolute atomic E-state index is 6.17. The van der Waals surface area contributed by atoms with Crippen LogP contribution in [0.2, 0.25) is 0 Å². The molecule has 0 aromatic rings. The molecule has 0 amide bonds. The van der Waals surface area contributed by atoms with Crippen LogP contribution in [0, 0.1) is 5.41 Å². The third-order valence-electron chi connectivity index (χ3n) is 5.18. The molecule has 17 heavy (non-hydrogen) atoms. The summed E-state index contributed by atoms with van der Waals surface area (Å²) in [5.41, 5.74) is 0.466. The number of hydrogen-bond acceptors (Lipinski definition) is 3. The molecule has 0 radical (unpaired) electrons. The van der Waals surface area contributed by atoms with Crippen molar-refractivity contribution in [3.05, 3.63) is 0 Å². The minimum atomic E-state index is 0.377. The molecule has 3 fully saturated rings. The lowest BCUT2D eigenvalue weighted by atomic mass is 9.60. The minimum Gasteiger partial charge on any atom is -0.376 e. The second kappa shape index (κ2) is 4.87. The highest BCUT2D eigenvalue weighted by atomic mass is 16.5. The highest BCUT2D eigenvalue weighted by Crippen LogP contribution is 2.54. The van der Waals surface area contributed by atoms with Crippen molar-refractivity contribution in [1.82, 2.24) is 5.32 Å². The summed E-state index contributed by atoms with van der Waals surface area (Å²) in [6.45, 7) is 1.76. The Labute approximate surface area is 104 Å². The van der Waals surface area contributed by atoms with Crippen LogP contribution in [0.4, 0.5) is 0 Å². The van der Waals surface area contributed by atoms with Gasteiger partial charge in [0.05, 0.1) is 18.8 Å². The lowest BCUT2D eigenvalue weighted by Gasteiger charge is -2.54. The van der Waals surface area contributed by atoms with Gasteiger partial charge in [-0.2, -0.15) is 0 Å². The molecule has 1 saturated heterocycles. The van der Waals surface area contributed by atoms with Crippen molar-refractivity contribution in [2.45, 2.75) is 63.2 Å². The summed E-state index contributed by atoms with van der Waals surface area (Å²) >= 11 is 0. The molecule has 3 nitrogen and oxygen atoms in total. The quantitative estimate of drug-likeness (QED) is 0.815. The Morgan fingerprint density at radius 3 is 2.76 bits per heavy atom. The van der Waals surface area contributed by atoms with Gasteiger partial charge in [0, 0.05) is 18.1 Å². The first-order valence-electron chi connectivity index (χ1n) is 7.25. The Hall–Kier alpha value is -0.120. The smallest absolute Gasteiger partial charge is 0.0809 e. The van der Waals surface area contributed by atoms with E-state index in [1.807, 2.05) is 0 Å². The van der Waals surface area contributed by atoms with Crippen LogP contribution in [0.5, 0.6) is 0 Å². The first-order chi connectivity index (χ1) is 8.35. The van der Waals surface area contributed by atoms with E-state index in [2.05, 4.69) is 12.4 Å². The van der Waals surface area contributed by atoms with Gasteiger partial charge in [0.1, 0.15) is 0 Å². The Morgan fingerprint density at radius 1 is 1.29 bits per heavy atom. The zero-order valence-electron chi connectivity index (χ0n) is 10.9. The number of hydrogen-bond donors (Lipinski definition) is 1. The fourth-order valence-electron chi connectivity index (χ4n) is 4.09. The van der Waals surface area contributed by atoms with Crippen molar-refractivity contribution in [2.75, 3.05) is 20.3 Å². The molecule has 3 rings (SSSR count). The molecule has 3 aliphatic rings. The van der Waals surface area contributed by atoms with Crippen LogP contribution in [-0.2, 0) is 9.47 Å². The molecule has 1 N–H and O–H groups in total. The van der Waals surface area contributed by atoms with E-state index in [4.69, 9.17) is 9.47 Å². The summed E-state index contributed by atoms with van der Waals surface area (Å²) in [6.07, 6.45) is 9.95. The SMILES string of the molecule is CNC1CC(OCC2CCCO2)C12CCCC2. The van der Waals surface area contributed by atoms with Gasteiger partial charge in [0.15, 0.2) is 0 Å². The standard InChI is InChI=1S/C14H25NO2/c1-15-12-9-13(14(12)6-2-3-7-14)17-10-11-5-4-8-16-11/h11-13,15H,2-10H2,1H3. The molecule has 1 aliphatic heterocycles. The second-order valence-electron chi connectivity index (χ2n) is 5.97. The summed E-state index contributed by atoms with van der Waals surface area (Å²) in [4.78, 5) is 0. The highest BCUT2D eigenvalue weighted by Gasteiger charge is 2.56. The molecule has 1 spiro atoms. The summed E-state index contributed by atoms with van der Waals surface area (Å²) in [6, 6.07) is 0.694. The predicted molar refractivity (Wildman–Crippen MR) is 67.1 cm³/mol. The van der Waals surface area contributed by atoms with Crippen molar-refractivity contribution >= 4 is 0 Å². The molecule has 0 aromatic carbocycles. The monoisotopic (exact) mass is 239 g/mol. The van der Waals surface area contributed by atoms with Gasteiger partial charge in [-0.1, -0.05) is 12.8 Å². The largest absolute Gasteiger partial charge is 0.376 e. The van der Waals surface area contributed by atoms with E-state index in [-0.39, 0.29) is 0 Å². The molecule has 0 bridgehead atoms. The van der Waals surface area contributed by atoms with Gasteiger partial charge in [-0.25, -0.2) is 0 Å². The lowest BCUT2D eigenvalue weighted by Crippen LogP contribution is -2.62. The van der Waals surface area contributed by atoms with Gasteiger partial charge >= 0.3 is 0 Å². The van der Waals surface area contributed by atoms with E-state index in [1.54, 1.807) is 0 Å². The van der Waals surface area contributed by atoms with Crippen molar-refractivity contribution in [2.24, 2.45) is 5.41 Å². The average molecular weight is 239 g/mol. The van der Waals surface area contributed by atoms with Crippen molar-refractivity contribution in [3.8, 4) is 0 Å². The molecule has 2 saturated carbocycles. The first kappa shape index (κ1) is 11.9. The second-order valence-corrected chi connectivity index (χ2v) is 5.97. The van der Waals surface area contributed by atoms with Crippen LogP contribution >= 0.6 is 0 Å². The highest BCUT2D eigenvalue weighted by molar-refractivity contribution is 5.09. The van der Waals surface area contributed by atoms with Gasteiger partial charge in [0.25, 0.3) is 0 Å². The van der Waals surface area contributed by atoms with E-state index < -0.39 is 0 Å². The van der Waals surface area contributed by atoms with Crippen LogP contribution in [0.15, 0.2) is 0 Å². The minimum absolute atomic E-state index is 0.377. The van der Waals surface area contributed by atoms with Gasteiger partial charge < -0.3 is 14.8 Å². The summed E-state index contributed by atoms with van der Waals surface area (Å²) < 4.78 is 11.8. The molecule has 3 atom stereocenters. The normalized spacial score (nSPS) is 39.7. The summed E-state index contributed by atoms with van der Waals surface area (Å²) in [5.74, 6) is 0. The average Bonchev–Trinajstić information content (AvgIpc) is 3.00. The summed E-state index contributed by atoms with van der Waals surface area (Å²) in [7, 11) is 2.10. The van der Waals surface area contributed by atoms with Gasteiger partial charge in [0.2, 0.25) is 0 Å². The molecule has 2 aliphatic carbocycles. The molecule has 3 unspecified atom stereocenters. The lowest BCUT2D eigenvalue weighted by molar-refractivity contribution is -0.148. The summed E-state index contributed by atoms with van der Waals surface area (Å²) in [5, 5.41) is 3.48. The predicted octanol–water partition coefficient (Wildman–Crippen LogP) is 2.10. The van der Waals surface area contributed by atoms with E-state index >= 15 is 0 Å². The fraction of sp³-hybridized carbons (Fsp3) is 1.00. The zero-order chi connectivity index (χ0) is 11.7. The molecule has 0 aromatic heterocycles.